The van der Waals surface area contributed by atoms with E-state index in [0.717, 1.165) is 19.1 Å². The zero-order chi connectivity index (χ0) is 11.5. The molecule has 7 heteroatoms. The molecule has 0 aromatic carbocycles. The van der Waals surface area contributed by atoms with Crippen molar-refractivity contribution in [2.45, 2.75) is 31.6 Å². The highest BCUT2D eigenvalue weighted by atomic mass is 32.2. The van der Waals surface area contributed by atoms with E-state index in [1.807, 2.05) is 6.92 Å². The maximum Gasteiger partial charge on any atom is 0.241 e. The smallest absolute Gasteiger partial charge is 0.241 e. The van der Waals surface area contributed by atoms with Crippen molar-refractivity contribution >= 4 is 9.84 Å². The molecule has 0 radical (unpaired) electrons. The lowest BCUT2D eigenvalue weighted by Crippen LogP contribution is -2.11. The number of nitrogens with zero attached hydrogens (tertiary/aromatic N) is 2. The molecule has 6 nitrogen and oxygen atoms in total. The Morgan fingerprint density at radius 3 is 2.73 bits per heavy atom. The molecule has 1 aromatic heterocycles. The predicted molar refractivity (Wildman–Crippen MR) is 54.7 cm³/mol. The van der Waals surface area contributed by atoms with E-state index in [2.05, 4.69) is 10.1 Å². The van der Waals surface area contributed by atoms with E-state index in [9.17, 15) is 8.42 Å². The van der Waals surface area contributed by atoms with Crippen LogP contribution >= 0.6 is 0 Å². The van der Waals surface area contributed by atoms with Gasteiger partial charge in [0.05, 0.1) is 6.04 Å². The van der Waals surface area contributed by atoms with Crippen LogP contribution in [0.2, 0.25) is 0 Å². The zero-order valence-electron chi connectivity index (χ0n) is 8.80. The highest BCUT2D eigenvalue weighted by molar-refractivity contribution is 7.89. The fourth-order valence-electron chi connectivity index (χ4n) is 1.14. The molecule has 86 valence electrons. The summed E-state index contributed by atoms with van der Waals surface area (Å²) in [6, 6.07) is -0.285. The fourth-order valence-corrected chi connectivity index (χ4v) is 1.71. The molecule has 1 heterocycles. The van der Waals surface area contributed by atoms with Gasteiger partial charge in [0.1, 0.15) is 5.75 Å². The van der Waals surface area contributed by atoms with Crippen LogP contribution in [0.3, 0.4) is 0 Å². The molecule has 1 rings (SSSR count). The summed E-state index contributed by atoms with van der Waals surface area (Å²) in [5.74, 6) is 0.230. The van der Waals surface area contributed by atoms with Gasteiger partial charge in [0.15, 0.2) is 15.7 Å². The molecule has 1 aromatic rings. The van der Waals surface area contributed by atoms with Gasteiger partial charge in [-0.3, -0.25) is 0 Å². The standard InChI is InChI=1S/C8H15N3O3S/c1-3-4-6(9)8-10-7(14-11-8)5-15(2,12)13/h6H,3-5,9H2,1-2H3. The minimum atomic E-state index is -3.14. The van der Waals surface area contributed by atoms with Crippen LogP contribution in [0.1, 0.15) is 37.5 Å². The first-order valence-electron chi connectivity index (χ1n) is 4.68. The minimum absolute atomic E-state index is 0.0963. The van der Waals surface area contributed by atoms with Crippen molar-refractivity contribution in [3.8, 4) is 0 Å². The van der Waals surface area contributed by atoms with Crippen molar-refractivity contribution in [3.05, 3.63) is 11.7 Å². The molecule has 0 amide bonds. The zero-order valence-corrected chi connectivity index (χ0v) is 9.62. The Bertz CT molecular complexity index is 413. The Labute approximate surface area is 88.8 Å². The summed E-state index contributed by atoms with van der Waals surface area (Å²) in [5, 5.41) is 3.64. The number of hydrogen-bond donors (Lipinski definition) is 1. The van der Waals surface area contributed by atoms with Crippen LogP contribution in [-0.4, -0.2) is 24.8 Å². The highest BCUT2D eigenvalue weighted by Gasteiger charge is 2.16. The molecule has 0 spiro atoms. The second kappa shape index (κ2) is 4.71. The first kappa shape index (κ1) is 12.1. The Morgan fingerprint density at radius 1 is 1.53 bits per heavy atom. The van der Waals surface area contributed by atoms with Crippen LogP contribution in [0.5, 0.6) is 0 Å². The van der Waals surface area contributed by atoms with Gasteiger partial charge in [-0.15, -0.1) is 0 Å². The summed E-state index contributed by atoms with van der Waals surface area (Å²) in [6.45, 7) is 2.00. The third kappa shape index (κ3) is 3.96. The Balaban J connectivity index is 2.72. The van der Waals surface area contributed by atoms with Gasteiger partial charge in [-0.2, -0.15) is 4.98 Å². The number of sulfone groups is 1. The van der Waals surface area contributed by atoms with Crippen LogP contribution in [-0.2, 0) is 15.6 Å². The molecule has 0 fully saturated rings. The maximum atomic E-state index is 10.9. The molecule has 0 saturated carbocycles. The van der Waals surface area contributed by atoms with E-state index < -0.39 is 9.84 Å². The summed E-state index contributed by atoms with van der Waals surface area (Å²) in [5.41, 5.74) is 5.75. The van der Waals surface area contributed by atoms with Gasteiger partial charge in [-0.25, -0.2) is 8.42 Å². The lowest BCUT2D eigenvalue weighted by molar-refractivity contribution is 0.377. The summed E-state index contributed by atoms with van der Waals surface area (Å²) in [4.78, 5) is 3.93. The van der Waals surface area contributed by atoms with Crippen LogP contribution in [0.4, 0.5) is 0 Å². The van der Waals surface area contributed by atoms with Crippen molar-refractivity contribution in [1.82, 2.24) is 10.1 Å². The number of nitrogens with two attached hydrogens (primary N) is 1. The predicted octanol–water partition coefficient (Wildman–Crippen LogP) is 0.414. The number of hydrogen-bond acceptors (Lipinski definition) is 6. The van der Waals surface area contributed by atoms with Crippen molar-refractivity contribution in [2.24, 2.45) is 5.73 Å². The van der Waals surface area contributed by atoms with Gasteiger partial charge in [0, 0.05) is 6.26 Å². The molecule has 1 unspecified atom stereocenters. The third-order valence-corrected chi connectivity index (χ3v) is 2.57. The molecule has 1 atom stereocenters. The largest absolute Gasteiger partial charge is 0.338 e. The van der Waals surface area contributed by atoms with E-state index in [4.69, 9.17) is 10.3 Å². The summed E-state index contributed by atoms with van der Waals surface area (Å²) in [7, 11) is -3.14. The molecular formula is C8H15N3O3S. The van der Waals surface area contributed by atoms with Crippen molar-refractivity contribution in [2.75, 3.05) is 6.26 Å². The SMILES string of the molecule is CCCC(N)c1noc(CS(C)(=O)=O)n1. The highest BCUT2D eigenvalue weighted by Crippen LogP contribution is 2.12. The first-order chi connectivity index (χ1) is 6.92. The molecule has 2 N–H and O–H groups in total. The minimum Gasteiger partial charge on any atom is -0.338 e. The van der Waals surface area contributed by atoms with Gasteiger partial charge >= 0.3 is 0 Å². The Hall–Kier alpha value is -0.950. The maximum absolute atomic E-state index is 10.9. The Kier molecular flexibility index (Phi) is 3.81. The summed E-state index contributed by atoms with van der Waals surface area (Å²) < 4.78 is 26.7. The van der Waals surface area contributed by atoms with Crippen LogP contribution < -0.4 is 5.73 Å². The summed E-state index contributed by atoms with van der Waals surface area (Å²) >= 11 is 0. The quantitative estimate of drug-likeness (QED) is 0.791. The van der Waals surface area contributed by atoms with Gasteiger partial charge in [-0.05, 0) is 6.42 Å². The molecule has 0 aliphatic rings. The van der Waals surface area contributed by atoms with E-state index in [0.29, 0.717) is 5.82 Å². The van der Waals surface area contributed by atoms with E-state index in [1.165, 1.54) is 0 Å². The second-order valence-corrected chi connectivity index (χ2v) is 5.65. The number of rotatable bonds is 5. The van der Waals surface area contributed by atoms with Crippen LogP contribution in [0.15, 0.2) is 4.52 Å². The molecule has 0 saturated heterocycles. The van der Waals surface area contributed by atoms with Crippen molar-refractivity contribution < 1.29 is 12.9 Å². The van der Waals surface area contributed by atoms with Gasteiger partial charge in [0.25, 0.3) is 0 Å². The number of aromatic nitrogens is 2. The average Bonchev–Trinajstić information content (AvgIpc) is 2.50. The molecular weight excluding hydrogens is 218 g/mol. The molecule has 0 bridgehead atoms. The Morgan fingerprint density at radius 2 is 2.20 bits per heavy atom. The lowest BCUT2D eigenvalue weighted by Gasteiger charge is -2.02. The molecule has 0 aliphatic carbocycles. The fraction of sp³-hybridized carbons (Fsp3) is 0.750. The van der Waals surface area contributed by atoms with E-state index in [-0.39, 0.29) is 17.7 Å². The molecule has 15 heavy (non-hydrogen) atoms. The van der Waals surface area contributed by atoms with Crippen LogP contribution in [0.25, 0.3) is 0 Å². The molecule has 0 aliphatic heterocycles. The van der Waals surface area contributed by atoms with Gasteiger partial charge < -0.3 is 10.3 Å². The van der Waals surface area contributed by atoms with E-state index in [1.54, 1.807) is 0 Å². The lowest BCUT2D eigenvalue weighted by atomic mass is 10.2. The van der Waals surface area contributed by atoms with Gasteiger partial charge in [0.2, 0.25) is 5.89 Å². The first-order valence-corrected chi connectivity index (χ1v) is 6.74. The normalized spacial score (nSPS) is 14.1. The topological polar surface area (TPSA) is 99.1 Å². The van der Waals surface area contributed by atoms with Crippen molar-refractivity contribution in [3.63, 3.8) is 0 Å². The van der Waals surface area contributed by atoms with Gasteiger partial charge in [-0.1, -0.05) is 18.5 Å². The monoisotopic (exact) mass is 233 g/mol. The second-order valence-electron chi connectivity index (χ2n) is 3.51. The summed E-state index contributed by atoms with van der Waals surface area (Å²) in [6.07, 6.45) is 2.78. The van der Waals surface area contributed by atoms with Crippen molar-refractivity contribution in [1.29, 1.82) is 0 Å². The van der Waals surface area contributed by atoms with E-state index >= 15 is 0 Å². The van der Waals surface area contributed by atoms with Crippen LogP contribution in [0, 0.1) is 0 Å². The third-order valence-electron chi connectivity index (χ3n) is 1.80. The average molecular weight is 233 g/mol.